The van der Waals surface area contributed by atoms with Gasteiger partial charge in [0.25, 0.3) is 11.8 Å². The van der Waals surface area contributed by atoms with Gasteiger partial charge in [0.15, 0.2) is 9.75 Å². The maximum Gasteiger partial charge on any atom is 0.254 e. The highest BCUT2D eigenvalue weighted by atomic mass is 79.9. The van der Waals surface area contributed by atoms with E-state index in [-0.39, 0.29) is 35.5 Å². The Kier molecular flexibility index (Phi) is 6.63. The highest BCUT2D eigenvalue weighted by Gasteiger charge is 2.76. The zero-order valence-electron chi connectivity index (χ0n) is 21.9. The number of aromatic hydroxyl groups is 1. The number of nitrogens with zero attached hydrogens (tertiary/aromatic N) is 2. The van der Waals surface area contributed by atoms with Crippen molar-refractivity contribution in [1.82, 2.24) is 4.90 Å². The van der Waals surface area contributed by atoms with Gasteiger partial charge in [-0.05, 0) is 54.7 Å². The number of ether oxygens (including phenoxy) is 1. The maximum atomic E-state index is 14.1. The number of alkyl halides is 3. The number of fused-ring (bicyclic) bond motifs is 4. The lowest BCUT2D eigenvalue weighted by Crippen LogP contribution is -2.60. The summed E-state index contributed by atoms with van der Waals surface area (Å²) in [6.07, 6.45) is 3.57. The number of imide groups is 2. The van der Waals surface area contributed by atoms with Crippen LogP contribution in [0.2, 0.25) is 0 Å². The number of carbonyl (C=O) groups is 4. The molecule has 2 aromatic carbocycles. The normalized spacial score (nSPS) is 32.4. The Hall–Kier alpha value is -3.14. The number of benzene rings is 2. The number of hydrogen-bond acceptors (Lipinski definition) is 6. The summed E-state index contributed by atoms with van der Waals surface area (Å²) in [4.78, 5) is 53.5. The molecule has 4 aliphatic rings. The molecule has 11 heteroatoms. The molecule has 1 N–H and O–H groups in total. The standard InChI is InChI=1S/C30H25BrCl2N2O6/c1-3-15-4-6-16(7-5-15)35-25(37)19-10-9-18-21(23(19)26(35)38)13-29(32)27(39)34(14-31)28(40)30(29,33)24(18)20-12-17(41-2)8-11-22(20)36/h3-9,11-12,19,21,23-24,36H,1,10,13-14H2,2H3/t19-,21+,23-,24+,29+,30-/m0/s1. The van der Waals surface area contributed by atoms with Gasteiger partial charge in [-0.1, -0.05) is 52.4 Å². The highest BCUT2D eigenvalue weighted by Crippen LogP contribution is 2.66. The predicted molar refractivity (Wildman–Crippen MR) is 157 cm³/mol. The van der Waals surface area contributed by atoms with Gasteiger partial charge in [-0.2, -0.15) is 0 Å². The third-order valence-electron chi connectivity index (χ3n) is 8.95. The number of likely N-dealkylation sites (tertiary alicyclic amines) is 1. The van der Waals surface area contributed by atoms with Gasteiger partial charge in [-0.15, -0.1) is 23.2 Å². The van der Waals surface area contributed by atoms with E-state index in [4.69, 9.17) is 27.9 Å². The van der Waals surface area contributed by atoms with E-state index >= 15 is 0 Å². The number of allylic oxidation sites excluding steroid dienone is 2. The van der Waals surface area contributed by atoms with Crippen molar-refractivity contribution in [3.8, 4) is 11.5 Å². The van der Waals surface area contributed by atoms with Gasteiger partial charge < -0.3 is 9.84 Å². The van der Waals surface area contributed by atoms with Crippen LogP contribution in [0.1, 0.15) is 29.9 Å². The molecular formula is C30H25BrCl2N2O6. The minimum absolute atomic E-state index is 0.133. The molecule has 6 atom stereocenters. The lowest BCUT2D eigenvalue weighted by atomic mass is 9.56. The first-order valence-electron chi connectivity index (χ1n) is 13.0. The van der Waals surface area contributed by atoms with E-state index in [0.717, 1.165) is 10.5 Å². The van der Waals surface area contributed by atoms with Crippen molar-refractivity contribution in [2.75, 3.05) is 17.5 Å². The molecule has 0 unspecified atom stereocenters. The van der Waals surface area contributed by atoms with Crippen LogP contribution in [0, 0.1) is 17.8 Å². The summed E-state index contributed by atoms with van der Waals surface area (Å²) in [5.41, 5.74) is 1.97. The van der Waals surface area contributed by atoms with E-state index < -0.39 is 51.1 Å². The topological polar surface area (TPSA) is 104 Å². The molecule has 3 fully saturated rings. The van der Waals surface area contributed by atoms with Crippen molar-refractivity contribution in [2.45, 2.75) is 28.5 Å². The summed E-state index contributed by atoms with van der Waals surface area (Å²) in [6, 6.07) is 11.4. The number of anilines is 1. The van der Waals surface area contributed by atoms with Crippen LogP contribution in [-0.4, -0.2) is 55.9 Å². The lowest BCUT2D eigenvalue weighted by Gasteiger charge is -2.50. The molecule has 8 nitrogen and oxygen atoms in total. The first-order valence-corrected chi connectivity index (χ1v) is 14.9. The Labute approximate surface area is 254 Å². The van der Waals surface area contributed by atoms with E-state index in [1.165, 1.54) is 18.1 Å². The smallest absolute Gasteiger partial charge is 0.254 e. The van der Waals surface area contributed by atoms with E-state index in [2.05, 4.69) is 22.5 Å². The lowest BCUT2D eigenvalue weighted by molar-refractivity contribution is -0.138. The second kappa shape index (κ2) is 9.71. The van der Waals surface area contributed by atoms with Crippen molar-refractivity contribution < 1.29 is 29.0 Å². The molecule has 1 saturated carbocycles. The van der Waals surface area contributed by atoms with Crippen molar-refractivity contribution in [3.63, 3.8) is 0 Å². The van der Waals surface area contributed by atoms with Crippen molar-refractivity contribution >= 4 is 74.5 Å². The third kappa shape index (κ3) is 3.64. The molecule has 0 bridgehead atoms. The van der Waals surface area contributed by atoms with Gasteiger partial charge in [-0.3, -0.25) is 29.0 Å². The number of rotatable bonds is 5. The molecule has 2 aliphatic heterocycles. The zero-order chi connectivity index (χ0) is 29.4. The predicted octanol–water partition coefficient (Wildman–Crippen LogP) is 4.96. The quantitative estimate of drug-likeness (QED) is 0.211. The SMILES string of the molecule is C=Cc1ccc(N2C(=O)[C@H]3[C@H](CC=C4[C@H]3C[C@@]3(Cl)C(=O)N(CBr)C(=O)[C@@]3(Cl)[C@H]4c3cc(OC)ccc3O)C2=O)cc1. The first-order chi connectivity index (χ1) is 19.5. The van der Waals surface area contributed by atoms with Crippen LogP contribution < -0.4 is 9.64 Å². The number of phenolic OH excluding ortho intramolecular Hbond substituents is 1. The molecule has 0 radical (unpaired) electrons. The van der Waals surface area contributed by atoms with E-state index in [9.17, 15) is 24.3 Å². The number of phenols is 1. The molecular weight excluding hydrogens is 635 g/mol. The molecule has 0 spiro atoms. The largest absolute Gasteiger partial charge is 0.508 e. The van der Waals surface area contributed by atoms with Crippen LogP contribution >= 0.6 is 39.1 Å². The summed E-state index contributed by atoms with van der Waals surface area (Å²) in [7, 11) is 1.46. The van der Waals surface area contributed by atoms with Crippen LogP contribution in [0.3, 0.4) is 0 Å². The maximum absolute atomic E-state index is 14.1. The molecule has 6 rings (SSSR count). The number of carbonyl (C=O) groups excluding carboxylic acids is 4. The molecule has 4 amide bonds. The fraction of sp³-hybridized carbons (Fsp3) is 0.333. The summed E-state index contributed by atoms with van der Waals surface area (Å²) in [6.45, 7) is 3.74. The molecule has 41 heavy (non-hydrogen) atoms. The minimum Gasteiger partial charge on any atom is -0.508 e. The van der Waals surface area contributed by atoms with Crippen LogP contribution in [0.25, 0.3) is 6.08 Å². The minimum atomic E-state index is -2.01. The van der Waals surface area contributed by atoms with Crippen molar-refractivity contribution in [1.29, 1.82) is 0 Å². The zero-order valence-corrected chi connectivity index (χ0v) is 24.9. The average molecular weight is 660 g/mol. The number of amides is 4. The third-order valence-corrected chi connectivity index (χ3v) is 10.9. The molecule has 2 saturated heterocycles. The van der Waals surface area contributed by atoms with E-state index in [1.54, 1.807) is 42.5 Å². The molecule has 2 heterocycles. The average Bonchev–Trinajstić information content (AvgIpc) is 3.31. The Morgan fingerprint density at radius 1 is 1.07 bits per heavy atom. The van der Waals surface area contributed by atoms with Gasteiger partial charge in [0.05, 0.1) is 30.1 Å². The second-order valence-corrected chi connectivity index (χ2v) is 12.5. The van der Waals surface area contributed by atoms with Gasteiger partial charge in [0, 0.05) is 11.5 Å². The van der Waals surface area contributed by atoms with Crippen molar-refractivity contribution in [3.05, 3.63) is 71.8 Å². The number of hydrogen-bond donors (Lipinski definition) is 1. The second-order valence-electron chi connectivity index (χ2n) is 10.7. The van der Waals surface area contributed by atoms with Crippen LogP contribution in [-0.2, 0) is 19.2 Å². The number of methoxy groups -OCH3 is 1. The van der Waals surface area contributed by atoms with E-state index in [1.807, 2.05) is 6.08 Å². The van der Waals surface area contributed by atoms with Gasteiger partial charge >= 0.3 is 0 Å². The first kappa shape index (κ1) is 28.0. The fourth-order valence-electron chi connectivity index (χ4n) is 7.00. The van der Waals surface area contributed by atoms with Crippen LogP contribution in [0.15, 0.2) is 60.7 Å². The van der Waals surface area contributed by atoms with E-state index in [0.29, 0.717) is 17.0 Å². The van der Waals surface area contributed by atoms with Crippen LogP contribution in [0.4, 0.5) is 5.69 Å². The summed E-state index contributed by atoms with van der Waals surface area (Å²) in [5.74, 6) is -5.24. The van der Waals surface area contributed by atoms with Crippen molar-refractivity contribution in [2.24, 2.45) is 17.8 Å². The molecule has 2 aromatic rings. The Morgan fingerprint density at radius 3 is 2.41 bits per heavy atom. The summed E-state index contributed by atoms with van der Waals surface area (Å²) < 4.78 is 5.39. The Bertz CT molecular complexity index is 1560. The number of halogens is 3. The van der Waals surface area contributed by atoms with Crippen LogP contribution in [0.5, 0.6) is 11.5 Å². The molecule has 0 aromatic heterocycles. The van der Waals surface area contributed by atoms with Gasteiger partial charge in [0.2, 0.25) is 11.8 Å². The molecule has 2 aliphatic carbocycles. The Morgan fingerprint density at radius 2 is 1.78 bits per heavy atom. The summed E-state index contributed by atoms with van der Waals surface area (Å²) >= 11 is 17.6. The summed E-state index contributed by atoms with van der Waals surface area (Å²) in [5, 5.41) is 11.0. The van der Waals surface area contributed by atoms with Gasteiger partial charge in [0.1, 0.15) is 11.5 Å². The highest BCUT2D eigenvalue weighted by molar-refractivity contribution is 9.09. The van der Waals surface area contributed by atoms with Gasteiger partial charge in [-0.25, -0.2) is 0 Å². The monoisotopic (exact) mass is 658 g/mol. The molecule has 212 valence electrons. The fourth-order valence-corrected chi connectivity index (χ4v) is 8.42. The Balaban J connectivity index is 1.52.